The molecule has 0 bridgehead atoms. The Kier molecular flexibility index (Phi) is 3.46. The van der Waals surface area contributed by atoms with E-state index >= 15 is 0 Å². The Hall–Kier alpha value is -2.59. The fraction of sp³-hybridized carbons (Fsp3) is 0. The van der Waals surface area contributed by atoms with Gasteiger partial charge in [-0.3, -0.25) is 0 Å². The average molecular weight is 300 g/mol. The molecule has 0 aliphatic carbocycles. The Morgan fingerprint density at radius 3 is 2.52 bits per heavy atom. The van der Waals surface area contributed by atoms with Crippen molar-refractivity contribution in [3.8, 4) is 11.5 Å². The van der Waals surface area contributed by atoms with Crippen LogP contribution in [-0.4, -0.2) is 16.1 Å². The number of hydrogen-bond donors (Lipinski definition) is 1. The zero-order valence-electron chi connectivity index (χ0n) is 10.8. The summed E-state index contributed by atoms with van der Waals surface area (Å²) in [5.41, 5.74) is 0.589. The number of ether oxygens (including phenoxy) is 1. The number of benzene rings is 2. The number of rotatable bonds is 3. The second-order valence-electron chi connectivity index (χ2n) is 4.40. The predicted molar refractivity (Wildman–Crippen MR) is 80.2 cm³/mol. The molecule has 0 aliphatic rings. The second kappa shape index (κ2) is 5.42. The standard InChI is InChI=1S/C16H10ClNO3/c17-15-13(16(19)20)9-10-8-12(6-7-14(10)18-15)21-11-4-2-1-3-5-11/h1-9H,(H,19,20). The average Bonchev–Trinajstić information content (AvgIpc) is 2.47. The molecule has 0 atom stereocenters. The number of carboxylic acids is 1. The Bertz CT molecular complexity index is 818. The normalized spacial score (nSPS) is 10.5. The highest BCUT2D eigenvalue weighted by molar-refractivity contribution is 6.32. The third-order valence-corrected chi connectivity index (χ3v) is 3.24. The van der Waals surface area contributed by atoms with Crippen molar-refractivity contribution in [3.63, 3.8) is 0 Å². The number of pyridine rings is 1. The third kappa shape index (κ3) is 2.80. The Labute approximate surface area is 125 Å². The zero-order valence-corrected chi connectivity index (χ0v) is 11.5. The van der Waals surface area contributed by atoms with Crippen molar-refractivity contribution in [1.29, 1.82) is 0 Å². The maximum atomic E-state index is 11.1. The fourth-order valence-electron chi connectivity index (χ4n) is 1.97. The van der Waals surface area contributed by atoms with Crippen LogP contribution in [0, 0.1) is 0 Å². The van der Waals surface area contributed by atoms with Crippen molar-refractivity contribution in [3.05, 3.63) is 65.3 Å². The molecule has 0 unspecified atom stereocenters. The van der Waals surface area contributed by atoms with Gasteiger partial charge >= 0.3 is 5.97 Å². The van der Waals surface area contributed by atoms with Gasteiger partial charge in [-0.1, -0.05) is 29.8 Å². The molecule has 0 fully saturated rings. The van der Waals surface area contributed by atoms with Gasteiger partial charge in [0.1, 0.15) is 16.7 Å². The maximum absolute atomic E-state index is 11.1. The summed E-state index contributed by atoms with van der Waals surface area (Å²) in [7, 11) is 0. The van der Waals surface area contributed by atoms with Gasteiger partial charge in [-0.15, -0.1) is 0 Å². The highest BCUT2D eigenvalue weighted by atomic mass is 35.5. The van der Waals surface area contributed by atoms with Crippen LogP contribution in [0.2, 0.25) is 5.15 Å². The largest absolute Gasteiger partial charge is 0.478 e. The van der Waals surface area contributed by atoms with Crippen LogP contribution in [-0.2, 0) is 0 Å². The lowest BCUT2D eigenvalue weighted by Crippen LogP contribution is -1.99. The van der Waals surface area contributed by atoms with E-state index < -0.39 is 5.97 Å². The number of hydrogen-bond acceptors (Lipinski definition) is 3. The molecule has 0 spiro atoms. The minimum Gasteiger partial charge on any atom is -0.478 e. The van der Waals surface area contributed by atoms with Gasteiger partial charge in [-0.25, -0.2) is 9.78 Å². The number of fused-ring (bicyclic) bond motifs is 1. The first-order chi connectivity index (χ1) is 10.1. The SMILES string of the molecule is O=C(O)c1cc2cc(Oc3ccccc3)ccc2nc1Cl. The molecule has 1 aromatic heterocycles. The topological polar surface area (TPSA) is 59.4 Å². The number of para-hydroxylation sites is 1. The number of halogens is 1. The van der Waals surface area contributed by atoms with Crippen molar-refractivity contribution >= 4 is 28.5 Å². The second-order valence-corrected chi connectivity index (χ2v) is 4.76. The van der Waals surface area contributed by atoms with E-state index in [1.807, 2.05) is 30.3 Å². The number of aromatic carboxylic acids is 1. The van der Waals surface area contributed by atoms with Crippen molar-refractivity contribution < 1.29 is 14.6 Å². The molecule has 4 nitrogen and oxygen atoms in total. The zero-order chi connectivity index (χ0) is 14.8. The van der Waals surface area contributed by atoms with Crippen molar-refractivity contribution in [2.24, 2.45) is 0 Å². The lowest BCUT2D eigenvalue weighted by Gasteiger charge is -2.07. The molecule has 104 valence electrons. The first-order valence-corrected chi connectivity index (χ1v) is 6.58. The molecule has 3 aromatic rings. The number of aromatic nitrogens is 1. The maximum Gasteiger partial charge on any atom is 0.338 e. The van der Waals surface area contributed by atoms with Crippen LogP contribution in [0.5, 0.6) is 11.5 Å². The summed E-state index contributed by atoms with van der Waals surface area (Å²) in [6.07, 6.45) is 0. The first kappa shape index (κ1) is 13.4. The van der Waals surface area contributed by atoms with Crippen molar-refractivity contribution in [2.45, 2.75) is 0 Å². The van der Waals surface area contributed by atoms with Gasteiger partial charge < -0.3 is 9.84 Å². The van der Waals surface area contributed by atoms with Crippen LogP contribution in [0.15, 0.2) is 54.6 Å². The number of nitrogens with zero attached hydrogens (tertiary/aromatic N) is 1. The van der Waals surface area contributed by atoms with Gasteiger partial charge in [-0.05, 0) is 36.4 Å². The van der Waals surface area contributed by atoms with Crippen LogP contribution in [0.1, 0.15) is 10.4 Å². The Balaban J connectivity index is 2.03. The van der Waals surface area contributed by atoms with Crippen molar-refractivity contribution in [1.82, 2.24) is 4.98 Å². The van der Waals surface area contributed by atoms with E-state index in [1.54, 1.807) is 18.2 Å². The monoisotopic (exact) mass is 299 g/mol. The van der Waals surface area contributed by atoms with Crippen LogP contribution in [0.25, 0.3) is 10.9 Å². The molecule has 0 aliphatic heterocycles. The van der Waals surface area contributed by atoms with Gasteiger partial charge in [0.15, 0.2) is 0 Å². The Morgan fingerprint density at radius 1 is 1.05 bits per heavy atom. The molecule has 21 heavy (non-hydrogen) atoms. The van der Waals surface area contributed by atoms with Gasteiger partial charge in [0.05, 0.1) is 11.1 Å². The highest BCUT2D eigenvalue weighted by Gasteiger charge is 2.12. The molecule has 0 saturated carbocycles. The van der Waals surface area contributed by atoms with Gasteiger partial charge in [-0.2, -0.15) is 0 Å². The fourth-order valence-corrected chi connectivity index (χ4v) is 2.20. The van der Waals surface area contributed by atoms with Gasteiger partial charge in [0.25, 0.3) is 0 Å². The smallest absolute Gasteiger partial charge is 0.338 e. The quantitative estimate of drug-likeness (QED) is 0.729. The number of carboxylic acid groups (broad SMARTS) is 1. The molecule has 2 aromatic carbocycles. The number of carbonyl (C=O) groups is 1. The van der Waals surface area contributed by atoms with Gasteiger partial charge in [0.2, 0.25) is 0 Å². The lowest BCUT2D eigenvalue weighted by atomic mass is 10.1. The van der Waals surface area contributed by atoms with E-state index in [0.29, 0.717) is 22.4 Å². The van der Waals surface area contributed by atoms with E-state index in [2.05, 4.69) is 4.98 Å². The van der Waals surface area contributed by atoms with Crippen molar-refractivity contribution in [2.75, 3.05) is 0 Å². The summed E-state index contributed by atoms with van der Waals surface area (Å²) in [5.74, 6) is 0.204. The van der Waals surface area contributed by atoms with Crippen LogP contribution in [0.3, 0.4) is 0 Å². The van der Waals surface area contributed by atoms with E-state index in [9.17, 15) is 4.79 Å². The summed E-state index contributed by atoms with van der Waals surface area (Å²) >= 11 is 5.84. The molecule has 0 saturated heterocycles. The third-order valence-electron chi connectivity index (χ3n) is 2.95. The predicted octanol–water partition coefficient (Wildman–Crippen LogP) is 4.38. The molecular weight excluding hydrogens is 290 g/mol. The summed E-state index contributed by atoms with van der Waals surface area (Å²) in [6, 6.07) is 16.1. The van der Waals surface area contributed by atoms with E-state index in [-0.39, 0.29) is 10.7 Å². The van der Waals surface area contributed by atoms with E-state index in [4.69, 9.17) is 21.4 Å². The van der Waals surface area contributed by atoms with E-state index in [1.165, 1.54) is 6.07 Å². The molecular formula is C16H10ClNO3. The summed E-state index contributed by atoms with van der Waals surface area (Å²) in [5, 5.41) is 9.71. The lowest BCUT2D eigenvalue weighted by molar-refractivity contribution is 0.0697. The molecule has 1 N–H and O–H groups in total. The minimum atomic E-state index is -1.11. The molecule has 3 rings (SSSR count). The molecule has 0 radical (unpaired) electrons. The molecule has 1 heterocycles. The van der Waals surface area contributed by atoms with Gasteiger partial charge in [0, 0.05) is 5.39 Å². The van der Waals surface area contributed by atoms with Crippen LogP contribution < -0.4 is 4.74 Å². The highest BCUT2D eigenvalue weighted by Crippen LogP contribution is 2.27. The first-order valence-electron chi connectivity index (χ1n) is 6.20. The van der Waals surface area contributed by atoms with E-state index in [0.717, 1.165) is 0 Å². The van der Waals surface area contributed by atoms with Crippen LogP contribution in [0.4, 0.5) is 0 Å². The van der Waals surface area contributed by atoms with Crippen LogP contribution >= 0.6 is 11.6 Å². The molecule has 5 heteroatoms. The summed E-state index contributed by atoms with van der Waals surface area (Å²) in [6.45, 7) is 0. The Morgan fingerprint density at radius 2 is 1.81 bits per heavy atom. The summed E-state index contributed by atoms with van der Waals surface area (Å²) in [4.78, 5) is 15.2. The molecule has 0 amide bonds. The minimum absolute atomic E-state index is 0.0215. The summed E-state index contributed by atoms with van der Waals surface area (Å²) < 4.78 is 5.71.